The monoisotopic (exact) mass is 453 g/mol. The van der Waals surface area contributed by atoms with Crippen molar-refractivity contribution < 1.29 is 23.9 Å². The van der Waals surface area contributed by atoms with Gasteiger partial charge >= 0.3 is 5.97 Å². The molecule has 2 aliphatic rings. The van der Waals surface area contributed by atoms with Crippen molar-refractivity contribution in [3.05, 3.63) is 59.9 Å². The zero-order valence-corrected chi connectivity index (χ0v) is 18.4. The number of halogens is 1. The van der Waals surface area contributed by atoms with Crippen LogP contribution in [0.1, 0.15) is 36.0 Å². The molecular formula is C25H28FN3O4. The highest BCUT2D eigenvalue weighted by atomic mass is 19.1. The summed E-state index contributed by atoms with van der Waals surface area (Å²) < 4.78 is 14.7. The minimum atomic E-state index is -1.02. The van der Waals surface area contributed by atoms with Crippen LogP contribution >= 0.6 is 0 Å². The van der Waals surface area contributed by atoms with Crippen LogP contribution in [0.15, 0.2) is 48.5 Å². The Morgan fingerprint density at radius 2 is 1.55 bits per heavy atom. The Morgan fingerprint density at radius 1 is 0.879 bits per heavy atom. The van der Waals surface area contributed by atoms with Gasteiger partial charge in [0.25, 0.3) is 5.91 Å². The van der Waals surface area contributed by atoms with Crippen LogP contribution in [0.5, 0.6) is 0 Å². The molecule has 1 aliphatic heterocycles. The van der Waals surface area contributed by atoms with Crippen molar-refractivity contribution in [3.8, 4) is 0 Å². The number of piperazine rings is 1. The van der Waals surface area contributed by atoms with Crippen molar-refractivity contribution in [3.63, 3.8) is 0 Å². The molecule has 1 saturated carbocycles. The van der Waals surface area contributed by atoms with E-state index in [1.165, 1.54) is 18.2 Å². The molecule has 0 bridgehead atoms. The van der Waals surface area contributed by atoms with Gasteiger partial charge in [-0.15, -0.1) is 0 Å². The first-order valence-electron chi connectivity index (χ1n) is 11.4. The van der Waals surface area contributed by atoms with E-state index in [4.69, 9.17) is 0 Å². The number of para-hydroxylation sites is 2. The summed E-state index contributed by atoms with van der Waals surface area (Å²) in [5, 5.41) is 12.0. The van der Waals surface area contributed by atoms with Crippen LogP contribution in [0.2, 0.25) is 0 Å². The minimum absolute atomic E-state index is 0.0826. The van der Waals surface area contributed by atoms with Crippen LogP contribution in [0, 0.1) is 17.7 Å². The lowest BCUT2D eigenvalue weighted by atomic mass is 9.78. The third-order valence-corrected chi connectivity index (χ3v) is 6.60. The Labute approximate surface area is 192 Å². The highest BCUT2D eigenvalue weighted by Crippen LogP contribution is 2.32. The van der Waals surface area contributed by atoms with Gasteiger partial charge in [0.1, 0.15) is 5.82 Å². The summed E-state index contributed by atoms with van der Waals surface area (Å²) in [5.41, 5.74) is 0.996. The van der Waals surface area contributed by atoms with Crippen LogP contribution in [0.4, 0.5) is 15.8 Å². The van der Waals surface area contributed by atoms with E-state index >= 15 is 0 Å². The fraction of sp³-hybridized carbons (Fsp3) is 0.400. The summed E-state index contributed by atoms with van der Waals surface area (Å²) in [6.07, 6.45) is 2.35. The normalized spacial score (nSPS) is 20.9. The van der Waals surface area contributed by atoms with Crippen LogP contribution in [-0.2, 0) is 9.59 Å². The number of carbonyl (C=O) groups excluding carboxylic acids is 2. The van der Waals surface area contributed by atoms with Crippen LogP contribution in [-0.4, -0.2) is 54.0 Å². The molecule has 33 heavy (non-hydrogen) atoms. The molecule has 1 aliphatic carbocycles. The molecule has 2 N–H and O–H groups in total. The number of hydrogen-bond donors (Lipinski definition) is 2. The molecule has 7 nitrogen and oxygen atoms in total. The van der Waals surface area contributed by atoms with Crippen molar-refractivity contribution in [1.29, 1.82) is 0 Å². The molecule has 4 rings (SSSR count). The van der Waals surface area contributed by atoms with Gasteiger partial charge in [0.2, 0.25) is 5.91 Å². The average molecular weight is 454 g/mol. The lowest BCUT2D eigenvalue weighted by Crippen LogP contribution is -2.49. The molecule has 2 fully saturated rings. The number of nitrogens with one attached hydrogen (secondary N) is 1. The number of anilines is 2. The van der Waals surface area contributed by atoms with E-state index in [-0.39, 0.29) is 17.2 Å². The number of carbonyl (C=O) groups is 3. The smallest absolute Gasteiger partial charge is 0.307 e. The van der Waals surface area contributed by atoms with E-state index in [1.807, 2.05) is 30.3 Å². The van der Waals surface area contributed by atoms with Gasteiger partial charge in [0.15, 0.2) is 0 Å². The summed E-state index contributed by atoms with van der Waals surface area (Å²) >= 11 is 0. The number of rotatable bonds is 5. The summed E-state index contributed by atoms with van der Waals surface area (Å²) in [6, 6.07) is 14.1. The number of aliphatic carboxylic acids is 1. The number of amides is 2. The van der Waals surface area contributed by atoms with E-state index in [1.54, 1.807) is 4.90 Å². The summed E-state index contributed by atoms with van der Waals surface area (Å²) in [5.74, 6) is -4.16. The molecular weight excluding hydrogens is 425 g/mol. The quantitative estimate of drug-likeness (QED) is 0.722. The van der Waals surface area contributed by atoms with Gasteiger partial charge in [-0.25, -0.2) is 4.39 Å². The highest BCUT2D eigenvalue weighted by molar-refractivity contribution is 6.05. The maximum atomic E-state index is 14.7. The molecule has 174 valence electrons. The largest absolute Gasteiger partial charge is 0.481 e. The predicted molar refractivity (Wildman–Crippen MR) is 123 cm³/mol. The standard InChI is InChI=1S/C25H28FN3O4/c26-21-12-6-11-20(22(21)27-23(30)18-9-4-5-10-19(18)25(32)33)24(31)29-15-13-28(14-16-29)17-7-2-1-3-8-17/h1-3,6-8,11-12,18-19H,4-5,9-10,13-16H2,(H,27,30)(H,32,33)/t18-,19+/m0/s1. The molecule has 0 radical (unpaired) electrons. The minimum Gasteiger partial charge on any atom is -0.481 e. The van der Waals surface area contributed by atoms with E-state index in [0.717, 1.165) is 18.5 Å². The maximum absolute atomic E-state index is 14.7. The van der Waals surface area contributed by atoms with Crippen molar-refractivity contribution in [2.45, 2.75) is 25.7 Å². The first-order valence-corrected chi connectivity index (χ1v) is 11.4. The molecule has 1 saturated heterocycles. The number of carboxylic acid groups (broad SMARTS) is 1. The zero-order valence-electron chi connectivity index (χ0n) is 18.4. The lowest BCUT2D eigenvalue weighted by molar-refractivity contribution is -0.147. The molecule has 0 unspecified atom stereocenters. The third kappa shape index (κ3) is 4.99. The summed E-state index contributed by atoms with van der Waals surface area (Å²) in [6.45, 7) is 2.24. The lowest BCUT2D eigenvalue weighted by Gasteiger charge is -2.36. The van der Waals surface area contributed by atoms with Crippen LogP contribution in [0.3, 0.4) is 0 Å². The van der Waals surface area contributed by atoms with E-state index in [0.29, 0.717) is 39.0 Å². The Kier molecular flexibility index (Phi) is 6.91. The molecule has 8 heteroatoms. The summed E-state index contributed by atoms with van der Waals surface area (Å²) in [4.78, 5) is 41.6. The molecule has 0 aromatic heterocycles. The van der Waals surface area contributed by atoms with Gasteiger partial charge in [-0.05, 0) is 37.1 Å². The summed E-state index contributed by atoms with van der Waals surface area (Å²) in [7, 11) is 0. The van der Waals surface area contributed by atoms with Gasteiger partial charge in [0, 0.05) is 31.9 Å². The van der Waals surface area contributed by atoms with E-state index in [2.05, 4.69) is 10.2 Å². The van der Waals surface area contributed by atoms with E-state index < -0.39 is 29.5 Å². The molecule has 0 spiro atoms. The van der Waals surface area contributed by atoms with Crippen molar-refractivity contribution in [2.24, 2.45) is 11.8 Å². The first-order chi connectivity index (χ1) is 16.0. The number of nitrogens with zero attached hydrogens (tertiary/aromatic N) is 2. The van der Waals surface area contributed by atoms with Crippen molar-refractivity contribution in [2.75, 3.05) is 36.4 Å². The second-order valence-electron chi connectivity index (χ2n) is 8.60. The molecule has 1 heterocycles. The fourth-order valence-corrected chi connectivity index (χ4v) is 4.76. The molecule has 2 aromatic rings. The maximum Gasteiger partial charge on any atom is 0.307 e. The SMILES string of the molecule is O=C(Nc1c(F)cccc1C(=O)N1CCN(c2ccccc2)CC1)[C@H]1CCCC[C@H]1C(=O)O. The van der Waals surface area contributed by atoms with Crippen molar-refractivity contribution >= 4 is 29.2 Å². The zero-order chi connectivity index (χ0) is 23.4. The Hall–Kier alpha value is -3.42. The highest BCUT2D eigenvalue weighted by Gasteiger charge is 2.36. The average Bonchev–Trinajstić information content (AvgIpc) is 2.85. The van der Waals surface area contributed by atoms with Gasteiger partial charge in [0.05, 0.1) is 23.1 Å². The molecule has 2 amide bonds. The van der Waals surface area contributed by atoms with Gasteiger partial charge < -0.3 is 20.2 Å². The first kappa shape index (κ1) is 22.8. The topological polar surface area (TPSA) is 90.0 Å². The molecule has 2 atom stereocenters. The Balaban J connectivity index is 1.48. The second-order valence-corrected chi connectivity index (χ2v) is 8.60. The van der Waals surface area contributed by atoms with Crippen molar-refractivity contribution in [1.82, 2.24) is 4.90 Å². The number of benzene rings is 2. The van der Waals surface area contributed by atoms with Crippen LogP contribution in [0.25, 0.3) is 0 Å². The van der Waals surface area contributed by atoms with Gasteiger partial charge in [-0.1, -0.05) is 37.1 Å². The van der Waals surface area contributed by atoms with Crippen LogP contribution < -0.4 is 10.2 Å². The molecule has 2 aromatic carbocycles. The Morgan fingerprint density at radius 3 is 2.21 bits per heavy atom. The Bertz CT molecular complexity index is 1020. The van der Waals surface area contributed by atoms with Gasteiger partial charge in [-0.2, -0.15) is 0 Å². The predicted octanol–water partition coefficient (Wildman–Crippen LogP) is 3.62. The van der Waals surface area contributed by atoms with E-state index in [9.17, 15) is 23.9 Å². The van der Waals surface area contributed by atoms with Gasteiger partial charge in [-0.3, -0.25) is 14.4 Å². The fourth-order valence-electron chi connectivity index (χ4n) is 4.76. The number of carboxylic acids is 1. The third-order valence-electron chi connectivity index (χ3n) is 6.60. The number of hydrogen-bond acceptors (Lipinski definition) is 4. The second kappa shape index (κ2) is 10.0.